The predicted octanol–water partition coefficient (Wildman–Crippen LogP) is 2.34. The molecule has 1 aromatic rings. The topological polar surface area (TPSA) is 16.1 Å². The van der Waals surface area contributed by atoms with E-state index in [0.29, 0.717) is 0 Å². The highest BCUT2D eigenvalue weighted by molar-refractivity contribution is 5.25. The number of nitrogens with zero attached hydrogens (tertiary/aromatic N) is 2. The lowest BCUT2D eigenvalue weighted by Crippen LogP contribution is -2.25. The third-order valence-electron chi connectivity index (χ3n) is 4.21. The summed E-state index contributed by atoms with van der Waals surface area (Å²) in [6.07, 6.45) is 8.12. The molecule has 3 unspecified atom stereocenters. The number of aryl methyl sites for hydroxylation is 1. The van der Waals surface area contributed by atoms with Gasteiger partial charge in [0.25, 0.3) is 0 Å². The van der Waals surface area contributed by atoms with Gasteiger partial charge < -0.3 is 0 Å². The number of aromatic nitrogens is 1. The summed E-state index contributed by atoms with van der Waals surface area (Å²) in [5, 5.41) is 0. The molecule has 0 saturated carbocycles. The van der Waals surface area contributed by atoms with Gasteiger partial charge in [0.1, 0.15) is 0 Å². The van der Waals surface area contributed by atoms with Crippen LogP contribution >= 0.6 is 0 Å². The normalized spacial score (nSPS) is 34.9. The molecule has 0 amide bonds. The van der Waals surface area contributed by atoms with Gasteiger partial charge in [-0.2, -0.15) is 0 Å². The smallest absolute Gasteiger partial charge is 0.0303 e. The lowest BCUT2D eigenvalue weighted by Gasteiger charge is -2.21. The molecule has 0 aromatic carbocycles. The molecule has 2 bridgehead atoms. The zero-order valence-corrected chi connectivity index (χ0v) is 9.48. The standard InChI is InChI=1S/C13H18N2/c1-9-5-10(8-14-7-9)12-6-11-3-4-13(12)15(11)2/h5,7-8,11-13H,3-4,6H2,1-2H3/i2-1. The van der Waals surface area contributed by atoms with E-state index in [0.717, 1.165) is 18.0 Å². The highest BCUT2D eigenvalue weighted by atomic mass is 15.2. The minimum absolute atomic E-state index is 0.737. The Morgan fingerprint density at radius 3 is 2.80 bits per heavy atom. The molecule has 2 aliphatic rings. The van der Waals surface area contributed by atoms with Crippen LogP contribution in [-0.2, 0) is 0 Å². The fraction of sp³-hybridized carbons (Fsp3) is 0.615. The summed E-state index contributed by atoms with van der Waals surface area (Å²) in [4.78, 5) is 6.90. The molecule has 2 heteroatoms. The Balaban J connectivity index is 1.90. The summed E-state index contributed by atoms with van der Waals surface area (Å²) in [5.41, 5.74) is 2.74. The maximum absolute atomic E-state index is 4.32. The number of hydrogen-bond acceptors (Lipinski definition) is 2. The van der Waals surface area contributed by atoms with Crippen molar-refractivity contribution in [2.24, 2.45) is 0 Å². The van der Waals surface area contributed by atoms with Crippen molar-refractivity contribution in [3.05, 3.63) is 29.6 Å². The van der Waals surface area contributed by atoms with Crippen LogP contribution < -0.4 is 0 Å². The first-order valence-electron chi connectivity index (χ1n) is 5.89. The zero-order chi connectivity index (χ0) is 10.4. The lowest BCUT2D eigenvalue weighted by molar-refractivity contribution is 0.307. The first-order valence-corrected chi connectivity index (χ1v) is 5.89. The molecule has 3 heterocycles. The van der Waals surface area contributed by atoms with Crippen LogP contribution in [0.2, 0.25) is 0 Å². The molecule has 0 radical (unpaired) electrons. The number of likely N-dealkylation sites (N-methyl/N-ethyl adjacent to an activating group) is 1. The van der Waals surface area contributed by atoms with E-state index in [9.17, 15) is 0 Å². The van der Waals surface area contributed by atoms with Crippen molar-refractivity contribution in [3.63, 3.8) is 0 Å². The molecule has 1 aromatic heterocycles. The average molecular weight is 201 g/mol. The molecule has 80 valence electrons. The van der Waals surface area contributed by atoms with Gasteiger partial charge in [0.2, 0.25) is 0 Å². The summed E-state index contributed by atoms with van der Waals surface area (Å²) in [5.74, 6) is 0.737. The van der Waals surface area contributed by atoms with Crippen molar-refractivity contribution < 1.29 is 0 Å². The van der Waals surface area contributed by atoms with Gasteiger partial charge in [-0.3, -0.25) is 9.88 Å². The minimum atomic E-state index is 0.737. The summed E-state index contributed by atoms with van der Waals surface area (Å²) in [6, 6.07) is 3.92. The number of pyridine rings is 1. The second-order valence-corrected chi connectivity index (χ2v) is 5.10. The molecule has 15 heavy (non-hydrogen) atoms. The molecule has 3 atom stereocenters. The first-order chi connectivity index (χ1) is 7.25. The Kier molecular flexibility index (Phi) is 2.06. The van der Waals surface area contributed by atoms with Gasteiger partial charge in [0.05, 0.1) is 0 Å². The largest absolute Gasteiger partial charge is 0.300 e. The monoisotopic (exact) mass is 201 g/mol. The van der Waals surface area contributed by atoms with Crippen LogP contribution in [0.1, 0.15) is 36.3 Å². The second kappa shape index (κ2) is 3.31. The fourth-order valence-corrected chi connectivity index (χ4v) is 3.40. The van der Waals surface area contributed by atoms with Gasteiger partial charge in [0.15, 0.2) is 0 Å². The van der Waals surface area contributed by atoms with Gasteiger partial charge in [-0.15, -0.1) is 0 Å². The third kappa shape index (κ3) is 1.39. The van der Waals surface area contributed by atoms with E-state index >= 15 is 0 Å². The second-order valence-electron chi connectivity index (χ2n) is 5.10. The van der Waals surface area contributed by atoms with Crippen molar-refractivity contribution >= 4 is 0 Å². The van der Waals surface area contributed by atoms with Crippen molar-refractivity contribution in [1.82, 2.24) is 9.88 Å². The highest BCUT2D eigenvalue weighted by Crippen LogP contribution is 2.45. The molecule has 0 aliphatic carbocycles. The van der Waals surface area contributed by atoms with E-state index in [1.807, 2.05) is 6.20 Å². The fourth-order valence-electron chi connectivity index (χ4n) is 3.40. The zero-order valence-electron chi connectivity index (χ0n) is 9.48. The van der Waals surface area contributed by atoms with Gasteiger partial charge in [0, 0.05) is 30.4 Å². The van der Waals surface area contributed by atoms with Crippen molar-refractivity contribution in [1.29, 1.82) is 0 Å². The van der Waals surface area contributed by atoms with Crippen LogP contribution in [0.25, 0.3) is 0 Å². The maximum Gasteiger partial charge on any atom is 0.0303 e. The lowest BCUT2D eigenvalue weighted by atomic mass is 9.84. The Labute approximate surface area is 91.3 Å². The summed E-state index contributed by atoms with van der Waals surface area (Å²) >= 11 is 0. The van der Waals surface area contributed by atoms with E-state index in [2.05, 4.69) is 36.1 Å². The van der Waals surface area contributed by atoms with Gasteiger partial charge in [-0.25, -0.2) is 0 Å². The Bertz CT molecular complexity index is 375. The maximum atomic E-state index is 4.32. The van der Waals surface area contributed by atoms with Crippen LogP contribution in [0.3, 0.4) is 0 Å². The van der Waals surface area contributed by atoms with Crippen molar-refractivity contribution in [2.45, 2.75) is 44.2 Å². The predicted molar refractivity (Wildman–Crippen MR) is 60.9 cm³/mol. The van der Waals surface area contributed by atoms with Gasteiger partial charge in [-0.05, 0) is 44.4 Å². The van der Waals surface area contributed by atoms with Crippen LogP contribution in [0.4, 0.5) is 0 Å². The first kappa shape index (κ1) is 9.34. The molecular formula is C13H18N2. The van der Waals surface area contributed by atoms with E-state index in [4.69, 9.17) is 0 Å². The third-order valence-corrected chi connectivity index (χ3v) is 4.21. The van der Waals surface area contributed by atoms with Crippen LogP contribution in [0.5, 0.6) is 0 Å². The molecule has 2 fully saturated rings. The Morgan fingerprint density at radius 1 is 1.33 bits per heavy atom. The Morgan fingerprint density at radius 2 is 2.20 bits per heavy atom. The van der Waals surface area contributed by atoms with Crippen molar-refractivity contribution in [3.8, 4) is 0 Å². The molecule has 2 saturated heterocycles. The minimum Gasteiger partial charge on any atom is -0.300 e. The van der Waals surface area contributed by atoms with Gasteiger partial charge >= 0.3 is 0 Å². The molecule has 2 aliphatic heterocycles. The molecular weight excluding hydrogens is 183 g/mol. The number of hydrogen-bond donors (Lipinski definition) is 0. The number of fused-ring (bicyclic) bond motifs is 2. The Hall–Kier alpha value is -0.890. The summed E-state index contributed by atoms with van der Waals surface area (Å²) < 4.78 is 0. The van der Waals surface area contributed by atoms with E-state index in [-0.39, 0.29) is 0 Å². The summed E-state index contributed by atoms with van der Waals surface area (Å²) in [7, 11) is 2.28. The molecule has 3 rings (SSSR count). The van der Waals surface area contributed by atoms with Gasteiger partial charge in [-0.1, -0.05) is 6.07 Å². The van der Waals surface area contributed by atoms with Crippen LogP contribution in [0.15, 0.2) is 18.5 Å². The van der Waals surface area contributed by atoms with E-state index in [1.54, 1.807) is 0 Å². The van der Waals surface area contributed by atoms with Crippen LogP contribution in [-0.4, -0.2) is 29.0 Å². The molecule has 0 N–H and O–H groups in total. The molecule has 2 nitrogen and oxygen atoms in total. The summed E-state index contributed by atoms with van der Waals surface area (Å²) in [6.45, 7) is 2.13. The molecule has 0 spiro atoms. The van der Waals surface area contributed by atoms with Crippen molar-refractivity contribution in [2.75, 3.05) is 7.05 Å². The van der Waals surface area contributed by atoms with E-state index in [1.165, 1.54) is 30.4 Å². The number of rotatable bonds is 1. The highest BCUT2D eigenvalue weighted by Gasteiger charge is 2.44. The van der Waals surface area contributed by atoms with Crippen LogP contribution in [0, 0.1) is 6.92 Å². The quantitative estimate of drug-likeness (QED) is 0.693. The SMILES string of the molecule is Cc1cncc(C2CC3CCC2N3[11CH3])c1. The average Bonchev–Trinajstić information content (AvgIpc) is 2.74. The van der Waals surface area contributed by atoms with E-state index < -0.39 is 0 Å².